The first-order chi connectivity index (χ1) is 17.6. The largest absolute Gasteiger partial charge is 0.465 e. The number of aryl methyl sites for hydroxylation is 1. The van der Waals surface area contributed by atoms with Gasteiger partial charge in [-0.15, -0.1) is 11.8 Å². The fraction of sp³-hybridized carbons (Fsp3) is 0.630. The van der Waals surface area contributed by atoms with Gasteiger partial charge >= 0.3 is 6.09 Å². The molecule has 37 heavy (non-hydrogen) atoms. The lowest BCUT2D eigenvalue weighted by Gasteiger charge is -2.47. The van der Waals surface area contributed by atoms with Gasteiger partial charge in [0.2, 0.25) is 11.8 Å². The van der Waals surface area contributed by atoms with Crippen LogP contribution in [-0.2, 0) is 9.59 Å². The number of rotatable bonds is 7. The SMILES string of the molecule is CCC(=O)NCCN1C(=O)C2(CCC2)Sc2cc(C)c(C(=O)N(C(C)C)[C@@H]3CCCN(C(=O)O)C3)cc21. The van der Waals surface area contributed by atoms with Crippen molar-refractivity contribution in [1.82, 2.24) is 15.1 Å². The number of thioether (sulfide) groups is 1. The van der Waals surface area contributed by atoms with E-state index in [-0.39, 0.29) is 29.8 Å². The maximum atomic E-state index is 14.0. The van der Waals surface area contributed by atoms with E-state index in [1.807, 2.05) is 32.9 Å². The predicted molar refractivity (Wildman–Crippen MR) is 143 cm³/mol. The summed E-state index contributed by atoms with van der Waals surface area (Å²) in [6.07, 6.45) is 3.55. The van der Waals surface area contributed by atoms with Gasteiger partial charge in [-0.3, -0.25) is 14.4 Å². The molecule has 1 aromatic rings. The Morgan fingerprint density at radius 2 is 1.97 bits per heavy atom. The lowest BCUT2D eigenvalue weighted by atomic mass is 9.82. The molecule has 1 saturated carbocycles. The van der Waals surface area contributed by atoms with Crippen molar-refractivity contribution >= 4 is 41.3 Å². The highest BCUT2D eigenvalue weighted by Gasteiger charge is 2.51. The highest BCUT2D eigenvalue weighted by atomic mass is 32.2. The van der Waals surface area contributed by atoms with Crippen molar-refractivity contribution in [2.75, 3.05) is 31.1 Å². The minimum absolute atomic E-state index is 0.0503. The van der Waals surface area contributed by atoms with E-state index in [1.54, 1.807) is 28.5 Å². The molecule has 1 spiro atoms. The molecule has 10 heteroatoms. The van der Waals surface area contributed by atoms with Crippen LogP contribution >= 0.6 is 11.8 Å². The van der Waals surface area contributed by atoms with Gasteiger partial charge < -0.3 is 25.1 Å². The van der Waals surface area contributed by atoms with Gasteiger partial charge in [-0.2, -0.15) is 0 Å². The van der Waals surface area contributed by atoms with Crippen molar-refractivity contribution in [2.24, 2.45) is 0 Å². The average Bonchev–Trinajstić information content (AvgIpc) is 2.83. The van der Waals surface area contributed by atoms with Gasteiger partial charge in [0.25, 0.3) is 5.91 Å². The summed E-state index contributed by atoms with van der Waals surface area (Å²) >= 11 is 1.61. The van der Waals surface area contributed by atoms with Gasteiger partial charge in [-0.1, -0.05) is 6.92 Å². The summed E-state index contributed by atoms with van der Waals surface area (Å²) in [5, 5.41) is 12.4. The molecule has 1 saturated heterocycles. The molecule has 0 bridgehead atoms. The van der Waals surface area contributed by atoms with E-state index < -0.39 is 10.8 Å². The second-order valence-corrected chi connectivity index (χ2v) is 12.0. The number of benzene rings is 1. The van der Waals surface area contributed by atoms with Crippen molar-refractivity contribution in [3.63, 3.8) is 0 Å². The summed E-state index contributed by atoms with van der Waals surface area (Å²) in [7, 11) is 0. The molecule has 4 amide bonds. The van der Waals surface area contributed by atoms with E-state index in [0.29, 0.717) is 50.3 Å². The minimum atomic E-state index is -0.961. The van der Waals surface area contributed by atoms with E-state index in [0.717, 1.165) is 36.1 Å². The number of fused-ring (bicyclic) bond motifs is 1. The number of carbonyl (C=O) groups is 4. The Morgan fingerprint density at radius 1 is 1.24 bits per heavy atom. The molecular formula is C27H38N4O5S. The van der Waals surface area contributed by atoms with E-state index in [4.69, 9.17) is 0 Å². The number of amides is 4. The summed E-state index contributed by atoms with van der Waals surface area (Å²) in [6, 6.07) is 3.53. The second kappa shape index (κ2) is 10.9. The standard InChI is InChI=1S/C27H38N4O5S/c1-5-23(32)28-11-13-30-21-15-20(18(4)14-22(21)37-27(25(30)34)9-7-10-27)24(33)31(17(2)3)19-8-6-12-29(16-19)26(35)36/h14-15,17,19H,5-13,16H2,1-4H3,(H,28,32)(H,35,36)/t19-/m1/s1. The molecule has 4 rings (SSSR count). The van der Waals surface area contributed by atoms with Crippen LogP contribution in [-0.4, -0.2) is 81.7 Å². The van der Waals surface area contributed by atoms with Crippen molar-refractivity contribution < 1.29 is 24.3 Å². The molecule has 2 N–H and O–H groups in total. The van der Waals surface area contributed by atoms with Gasteiger partial charge in [-0.25, -0.2) is 4.79 Å². The third-order valence-electron chi connectivity index (χ3n) is 7.76. The van der Waals surface area contributed by atoms with Gasteiger partial charge in [0.05, 0.1) is 16.5 Å². The normalized spacial score (nSPS) is 20.5. The molecule has 3 aliphatic rings. The molecule has 2 fully saturated rings. The topological polar surface area (TPSA) is 110 Å². The van der Waals surface area contributed by atoms with Gasteiger partial charge in [-0.05, 0) is 70.6 Å². The summed E-state index contributed by atoms with van der Waals surface area (Å²) in [6.45, 7) is 9.09. The average molecular weight is 531 g/mol. The monoisotopic (exact) mass is 530 g/mol. The molecule has 0 unspecified atom stereocenters. The van der Waals surface area contributed by atoms with Crippen LogP contribution in [0.25, 0.3) is 0 Å². The molecule has 0 aromatic heterocycles. The number of nitrogens with zero attached hydrogens (tertiary/aromatic N) is 3. The zero-order valence-corrected chi connectivity index (χ0v) is 23.0. The second-order valence-electron chi connectivity index (χ2n) is 10.6. The van der Waals surface area contributed by atoms with Gasteiger partial charge in [0, 0.05) is 49.1 Å². The highest BCUT2D eigenvalue weighted by molar-refractivity contribution is 8.01. The van der Waals surface area contributed by atoms with E-state index >= 15 is 0 Å². The van der Waals surface area contributed by atoms with Gasteiger partial charge in [0.1, 0.15) is 0 Å². The lowest BCUT2D eigenvalue weighted by Crippen LogP contribution is -2.55. The number of anilines is 1. The Kier molecular flexibility index (Phi) is 8.06. The zero-order valence-electron chi connectivity index (χ0n) is 22.2. The van der Waals surface area contributed by atoms with Crippen LogP contribution in [0, 0.1) is 6.92 Å². The first kappa shape index (κ1) is 27.3. The summed E-state index contributed by atoms with van der Waals surface area (Å²) in [4.78, 5) is 57.0. The van der Waals surface area contributed by atoms with Crippen LogP contribution in [0.4, 0.5) is 10.5 Å². The third kappa shape index (κ3) is 5.30. The summed E-state index contributed by atoms with van der Waals surface area (Å²) in [5.74, 6) is -0.157. The smallest absolute Gasteiger partial charge is 0.407 e. The van der Waals surface area contributed by atoms with E-state index in [9.17, 15) is 24.3 Å². The number of hydrogen-bond acceptors (Lipinski definition) is 5. The van der Waals surface area contributed by atoms with Crippen LogP contribution in [0.3, 0.4) is 0 Å². The molecule has 0 radical (unpaired) electrons. The zero-order chi connectivity index (χ0) is 26.9. The fourth-order valence-electron chi connectivity index (χ4n) is 5.59. The first-order valence-corrected chi connectivity index (χ1v) is 14.1. The Morgan fingerprint density at radius 3 is 2.57 bits per heavy atom. The van der Waals surface area contributed by atoms with E-state index in [1.165, 1.54) is 4.90 Å². The minimum Gasteiger partial charge on any atom is -0.465 e. The molecule has 1 aromatic carbocycles. The molecule has 9 nitrogen and oxygen atoms in total. The number of carboxylic acid groups (broad SMARTS) is 1. The quantitative estimate of drug-likeness (QED) is 0.554. The Balaban J connectivity index is 1.66. The number of likely N-dealkylation sites (tertiary alicyclic amines) is 1. The molecule has 1 atom stereocenters. The molecule has 202 valence electrons. The predicted octanol–water partition coefficient (Wildman–Crippen LogP) is 3.88. The summed E-state index contributed by atoms with van der Waals surface area (Å²) < 4.78 is -0.452. The van der Waals surface area contributed by atoms with Crippen molar-refractivity contribution in [2.45, 2.75) is 87.9 Å². The van der Waals surface area contributed by atoms with E-state index in [2.05, 4.69) is 5.32 Å². The molecular weight excluding hydrogens is 492 g/mol. The van der Waals surface area contributed by atoms with Crippen LogP contribution in [0.5, 0.6) is 0 Å². The highest BCUT2D eigenvalue weighted by Crippen LogP contribution is 2.55. The number of hydrogen-bond donors (Lipinski definition) is 2. The maximum Gasteiger partial charge on any atom is 0.407 e. The van der Waals surface area contributed by atoms with Crippen LogP contribution in [0.15, 0.2) is 17.0 Å². The summed E-state index contributed by atoms with van der Waals surface area (Å²) in [5.41, 5.74) is 2.09. The molecule has 2 aliphatic heterocycles. The van der Waals surface area contributed by atoms with Crippen LogP contribution < -0.4 is 10.2 Å². The van der Waals surface area contributed by atoms with Crippen molar-refractivity contribution in [3.05, 3.63) is 23.3 Å². The molecule has 2 heterocycles. The van der Waals surface area contributed by atoms with Gasteiger partial charge in [0.15, 0.2) is 0 Å². The Bertz CT molecular complexity index is 1090. The van der Waals surface area contributed by atoms with Crippen molar-refractivity contribution in [1.29, 1.82) is 0 Å². The third-order valence-corrected chi connectivity index (χ3v) is 9.28. The van der Waals surface area contributed by atoms with Crippen molar-refractivity contribution in [3.8, 4) is 0 Å². The van der Waals surface area contributed by atoms with Crippen LogP contribution in [0.1, 0.15) is 75.2 Å². The Labute approximate surface area is 222 Å². The maximum absolute atomic E-state index is 14.0. The van der Waals surface area contributed by atoms with Crippen LogP contribution in [0.2, 0.25) is 0 Å². The number of carbonyl (C=O) groups excluding carboxylic acids is 3. The number of piperidine rings is 1. The molecule has 1 aliphatic carbocycles. The number of nitrogens with one attached hydrogen (secondary N) is 1. The first-order valence-electron chi connectivity index (χ1n) is 13.3. The fourth-order valence-corrected chi connectivity index (χ4v) is 7.21. The lowest BCUT2D eigenvalue weighted by molar-refractivity contribution is -0.123. The Hall–Kier alpha value is -2.75.